The number of ether oxygens (including phenoxy) is 2. The van der Waals surface area contributed by atoms with Gasteiger partial charge in [0.25, 0.3) is 5.91 Å². The third-order valence-electron chi connectivity index (χ3n) is 3.86. The first-order valence-electron chi connectivity index (χ1n) is 8.00. The van der Waals surface area contributed by atoms with E-state index in [0.717, 1.165) is 31.7 Å². The lowest BCUT2D eigenvalue weighted by Crippen LogP contribution is -2.43. The maximum absolute atomic E-state index is 10.8. The molecule has 1 aromatic carbocycles. The van der Waals surface area contributed by atoms with Crippen LogP contribution < -0.4 is 10.5 Å². The molecule has 2 aromatic rings. The van der Waals surface area contributed by atoms with E-state index in [2.05, 4.69) is 16.1 Å². The number of carbonyl (C=O) groups excluding carboxylic acids is 1. The molecule has 7 nitrogen and oxygen atoms in total. The molecular formula is C17H22N4O3. The number of rotatable bonds is 7. The van der Waals surface area contributed by atoms with E-state index in [0.29, 0.717) is 12.4 Å². The molecule has 0 bridgehead atoms. The maximum Gasteiger partial charge on any atom is 0.255 e. The summed E-state index contributed by atoms with van der Waals surface area (Å²) in [5.74, 6) is 0.183. The molecule has 1 atom stereocenters. The molecule has 2 N–H and O–H groups in total. The molecule has 0 spiro atoms. The molecule has 0 unspecified atom stereocenters. The van der Waals surface area contributed by atoms with Crippen LogP contribution in [0, 0.1) is 0 Å². The number of hydrogen-bond donors (Lipinski definition) is 1. The SMILES string of the molecule is NC(=O)COc1cccc(CN2CCO[C@@H](Cn3cccn3)C2)c1. The lowest BCUT2D eigenvalue weighted by molar-refractivity contribution is -0.119. The van der Waals surface area contributed by atoms with E-state index in [1.54, 1.807) is 6.20 Å². The smallest absolute Gasteiger partial charge is 0.255 e. The zero-order valence-corrected chi connectivity index (χ0v) is 13.5. The van der Waals surface area contributed by atoms with E-state index in [9.17, 15) is 4.79 Å². The molecule has 0 radical (unpaired) electrons. The van der Waals surface area contributed by atoms with Crippen molar-refractivity contribution in [2.24, 2.45) is 5.73 Å². The van der Waals surface area contributed by atoms with Crippen molar-refractivity contribution in [1.29, 1.82) is 0 Å². The van der Waals surface area contributed by atoms with Gasteiger partial charge in [-0.2, -0.15) is 5.10 Å². The van der Waals surface area contributed by atoms with Gasteiger partial charge >= 0.3 is 0 Å². The predicted octanol–water partition coefficient (Wildman–Crippen LogP) is 0.648. The molecule has 1 saturated heterocycles. The van der Waals surface area contributed by atoms with Gasteiger partial charge in [-0.25, -0.2) is 0 Å². The number of nitrogens with zero attached hydrogens (tertiary/aromatic N) is 3. The minimum atomic E-state index is -0.477. The van der Waals surface area contributed by atoms with E-state index in [-0.39, 0.29) is 12.7 Å². The van der Waals surface area contributed by atoms with E-state index in [1.165, 1.54) is 0 Å². The van der Waals surface area contributed by atoms with E-state index < -0.39 is 5.91 Å². The number of carbonyl (C=O) groups is 1. The molecule has 1 aliphatic heterocycles. The van der Waals surface area contributed by atoms with Crippen molar-refractivity contribution in [3.63, 3.8) is 0 Å². The second-order valence-electron chi connectivity index (χ2n) is 5.86. The number of benzene rings is 1. The Kier molecular flexibility index (Phi) is 5.45. The van der Waals surface area contributed by atoms with E-state index >= 15 is 0 Å². The Labute approximate surface area is 140 Å². The average Bonchev–Trinajstić information content (AvgIpc) is 3.07. The molecule has 7 heteroatoms. The zero-order chi connectivity index (χ0) is 16.8. The van der Waals surface area contributed by atoms with E-state index in [1.807, 2.05) is 35.1 Å². The summed E-state index contributed by atoms with van der Waals surface area (Å²) in [6, 6.07) is 9.66. The highest BCUT2D eigenvalue weighted by Crippen LogP contribution is 2.17. The fourth-order valence-corrected chi connectivity index (χ4v) is 2.80. The Hall–Kier alpha value is -2.38. The van der Waals surface area contributed by atoms with Crippen LogP contribution in [0.4, 0.5) is 0 Å². The van der Waals surface area contributed by atoms with Crippen molar-refractivity contribution in [3.8, 4) is 5.75 Å². The lowest BCUT2D eigenvalue weighted by atomic mass is 10.1. The van der Waals surface area contributed by atoms with Crippen LogP contribution in [-0.2, 0) is 22.6 Å². The molecule has 1 amide bonds. The summed E-state index contributed by atoms with van der Waals surface area (Å²) in [5.41, 5.74) is 6.24. The first-order chi connectivity index (χ1) is 11.7. The van der Waals surface area contributed by atoms with Crippen molar-refractivity contribution in [3.05, 3.63) is 48.3 Å². The van der Waals surface area contributed by atoms with Gasteiger partial charge in [0, 0.05) is 32.0 Å². The monoisotopic (exact) mass is 330 g/mol. The fraction of sp³-hybridized carbons (Fsp3) is 0.412. The van der Waals surface area contributed by atoms with Gasteiger partial charge in [-0.3, -0.25) is 14.4 Å². The first kappa shape index (κ1) is 16.5. The van der Waals surface area contributed by atoms with Crippen LogP contribution in [0.5, 0.6) is 5.75 Å². The first-order valence-corrected chi connectivity index (χ1v) is 8.00. The number of morpholine rings is 1. The Bertz CT molecular complexity index is 660. The van der Waals surface area contributed by atoms with Gasteiger partial charge in [-0.05, 0) is 23.8 Å². The molecule has 1 fully saturated rings. The summed E-state index contributed by atoms with van der Waals surface area (Å²) >= 11 is 0. The van der Waals surface area contributed by atoms with Crippen molar-refractivity contribution in [1.82, 2.24) is 14.7 Å². The molecular weight excluding hydrogens is 308 g/mol. The van der Waals surface area contributed by atoms with Gasteiger partial charge in [0.2, 0.25) is 0 Å². The van der Waals surface area contributed by atoms with Crippen LogP contribution in [-0.4, -0.2) is 53.0 Å². The lowest BCUT2D eigenvalue weighted by Gasteiger charge is -2.33. The highest BCUT2D eigenvalue weighted by molar-refractivity contribution is 5.75. The Morgan fingerprint density at radius 3 is 3.12 bits per heavy atom. The molecule has 2 heterocycles. The summed E-state index contributed by atoms with van der Waals surface area (Å²) in [5, 5.41) is 4.23. The topological polar surface area (TPSA) is 82.6 Å². The highest BCUT2D eigenvalue weighted by Gasteiger charge is 2.21. The molecule has 0 aliphatic carbocycles. The third kappa shape index (κ3) is 4.81. The summed E-state index contributed by atoms with van der Waals surface area (Å²) in [6.07, 6.45) is 3.85. The maximum atomic E-state index is 10.8. The Balaban J connectivity index is 1.55. The number of amides is 1. The summed E-state index contributed by atoms with van der Waals surface area (Å²) in [7, 11) is 0. The minimum Gasteiger partial charge on any atom is -0.484 e. The zero-order valence-electron chi connectivity index (χ0n) is 13.5. The molecule has 1 aromatic heterocycles. The van der Waals surface area contributed by atoms with Crippen LogP contribution in [0.15, 0.2) is 42.7 Å². The number of aromatic nitrogens is 2. The van der Waals surface area contributed by atoms with Crippen LogP contribution >= 0.6 is 0 Å². The van der Waals surface area contributed by atoms with Gasteiger partial charge < -0.3 is 15.2 Å². The van der Waals surface area contributed by atoms with Gasteiger partial charge in [-0.1, -0.05) is 12.1 Å². The largest absolute Gasteiger partial charge is 0.484 e. The van der Waals surface area contributed by atoms with Gasteiger partial charge in [0.1, 0.15) is 5.75 Å². The van der Waals surface area contributed by atoms with Crippen molar-refractivity contribution < 1.29 is 14.3 Å². The van der Waals surface area contributed by atoms with Crippen LogP contribution in [0.25, 0.3) is 0 Å². The average molecular weight is 330 g/mol. The van der Waals surface area contributed by atoms with E-state index in [4.69, 9.17) is 15.2 Å². The van der Waals surface area contributed by atoms with Gasteiger partial charge in [-0.15, -0.1) is 0 Å². The summed E-state index contributed by atoms with van der Waals surface area (Å²) in [6.45, 7) is 3.92. The number of hydrogen-bond acceptors (Lipinski definition) is 5. The fourth-order valence-electron chi connectivity index (χ4n) is 2.80. The molecule has 24 heavy (non-hydrogen) atoms. The predicted molar refractivity (Wildman–Crippen MR) is 88.4 cm³/mol. The van der Waals surface area contributed by atoms with Crippen molar-refractivity contribution in [2.45, 2.75) is 19.2 Å². The number of primary amides is 1. The number of nitrogens with two attached hydrogens (primary N) is 1. The Morgan fingerprint density at radius 1 is 1.42 bits per heavy atom. The second kappa shape index (κ2) is 7.94. The standard InChI is InChI=1S/C17H22N4O3/c18-17(22)13-24-15-4-1-3-14(9-15)10-20-7-8-23-16(11-20)12-21-6-2-5-19-21/h1-6,9,16H,7-8,10-13H2,(H2,18,22)/t16-/m1/s1. The van der Waals surface area contributed by atoms with Crippen molar-refractivity contribution >= 4 is 5.91 Å². The summed E-state index contributed by atoms with van der Waals surface area (Å²) in [4.78, 5) is 13.2. The molecule has 1 aliphatic rings. The highest BCUT2D eigenvalue weighted by atomic mass is 16.5. The second-order valence-corrected chi connectivity index (χ2v) is 5.86. The van der Waals surface area contributed by atoms with Crippen LogP contribution in [0.2, 0.25) is 0 Å². The third-order valence-corrected chi connectivity index (χ3v) is 3.86. The Morgan fingerprint density at radius 2 is 2.33 bits per heavy atom. The molecule has 0 saturated carbocycles. The van der Waals surface area contributed by atoms with Crippen molar-refractivity contribution in [2.75, 3.05) is 26.3 Å². The van der Waals surface area contributed by atoms with Gasteiger partial charge in [0.05, 0.1) is 19.3 Å². The summed E-state index contributed by atoms with van der Waals surface area (Å²) < 4.78 is 13.1. The quantitative estimate of drug-likeness (QED) is 0.806. The minimum absolute atomic E-state index is 0.104. The van der Waals surface area contributed by atoms with Crippen LogP contribution in [0.1, 0.15) is 5.56 Å². The molecule has 128 valence electrons. The van der Waals surface area contributed by atoms with Gasteiger partial charge in [0.15, 0.2) is 6.61 Å². The van der Waals surface area contributed by atoms with Crippen LogP contribution in [0.3, 0.4) is 0 Å². The molecule has 3 rings (SSSR count). The normalized spacial score (nSPS) is 18.4.